The van der Waals surface area contributed by atoms with E-state index in [1.54, 1.807) is 99.7 Å². The van der Waals surface area contributed by atoms with E-state index >= 15 is 0 Å². The van der Waals surface area contributed by atoms with Crippen LogP contribution in [-0.4, -0.2) is 0 Å². The number of rotatable bonds is 66. The topological polar surface area (TPSA) is 0 Å². The first-order valence-electron chi connectivity index (χ1n) is 48.3. The molecule has 0 spiro atoms. The average molecular weight is 1830 g/mol. The molecule has 0 aliphatic rings. The highest BCUT2D eigenvalue weighted by molar-refractivity contribution is 9.11. The molecule has 0 saturated heterocycles. The molecule has 0 aliphatic heterocycles. The first kappa shape index (κ1) is 97.5. The van der Waals surface area contributed by atoms with Crippen LogP contribution in [0, 0.1) is 20.8 Å². The van der Waals surface area contributed by atoms with Crippen LogP contribution < -0.4 is 0 Å². The van der Waals surface area contributed by atoms with Crippen molar-refractivity contribution in [1.82, 2.24) is 0 Å². The summed E-state index contributed by atoms with van der Waals surface area (Å²) in [7, 11) is 0. The number of halogens is 1. The number of hydrogen-bond acceptors (Lipinski definition) is 11. The number of fused-ring (bicyclic) bond motifs is 10. The fourth-order valence-corrected chi connectivity index (χ4v) is 32.9. The zero-order valence-electron chi connectivity index (χ0n) is 73.7. The van der Waals surface area contributed by atoms with Gasteiger partial charge in [-0.2, -0.15) is 0 Å². The molecule has 115 heavy (non-hydrogen) atoms. The van der Waals surface area contributed by atoms with Gasteiger partial charge >= 0.3 is 0 Å². The Balaban J connectivity index is 0.000000247. The molecule has 12 heteroatoms. The van der Waals surface area contributed by atoms with Crippen molar-refractivity contribution in [1.29, 1.82) is 0 Å². The highest BCUT2D eigenvalue weighted by atomic mass is 79.9. The Morgan fingerprint density at radius 2 is 0.417 bits per heavy atom. The van der Waals surface area contributed by atoms with Crippen LogP contribution in [0.5, 0.6) is 0 Å². The second-order valence-corrected chi connectivity index (χ2v) is 47.8. The van der Waals surface area contributed by atoms with Crippen molar-refractivity contribution < 1.29 is 0 Å². The second kappa shape index (κ2) is 59.6. The van der Waals surface area contributed by atoms with Crippen molar-refractivity contribution in [3.63, 3.8) is 0 Å². The van der Waals surface area contributed by atoms with Gasteiger partial charge in [0.25, 0.3) is 0 Å². The fourth-order valence-electron chi connectivity index (χ4n) is 17.3. The Morgan fingerprint density at radius 1 is 0.200 bits per heavy atom. The maximum absolute atomic E-state index is 3.35. The van der Waals surface area contributed by atoms with Crippen molar-refractivity contribution in [2.75, 3.05) is 0 Å². The third-order valence-corrected chi connectivity index (χ3v) is 39.3. The molecule has 11 aromatic rings. The lowest BCUT2D eigenvalue weighted by Crippen LogP contribution is -1.87. The molecule has 11 rings (SSSR count). The van der Waals surface area contributed by atoms with Crippen molar-refractivity contribution in [3.8, 4) is 19.5 Å². The predicted molar refractivity (Wildman–Crippen MR) is 548 cm³/mol. The van der Waals surface area contributed by atoms with Crippen molar-refractivity contribution in [2.45, 2.75) is 459 Å². The third kappa shape index (κ3) is 34.7. The van der Waals surface area contributed by atoms with E-state index in [0.717, 1.165) is 0 Å². The van der Waals surface area contributed by atoms with Crippen LogP contribution >= 0.6 is 141 Å². The molecule has 0 bridgehead atoms. The molecule has 642 valence electrons. The third-order valence-electron chi connectivity index (χ3n) is 24.4. The van der Waals surface area contributed by atoms with Gasteiger partial charge in [0.05, 0.1) is 60.2 Å². The number of hydrogen-bond donors (Lipinski definition) is 0. The van der Waals surface area contributed by atoms with Gasteiger partial charge in [0.1, 0.15) is 0 Å². The normalized spacial score (nSPS) is 12.0. The zero-order chi connectivity index (χ0) is 80.5. The summed E-state index contributed by atoms with van der Waals surface area (Å²) in [5, 5.41) is 4.99. The second-order valence-electron chi connectivity index (χ2n) is 34.7. The molecule has 11 aromatic heterocycles. The molecular formula is C103H157BrS11. The molecule has 0 unspecified atom stereocenters. The average Bonchev–Trinajstić information content (AvgIpc) is 1.56. The molecule has 0 N–H and O–H groups in total. The molecule has 0 aromatic carbocycles. The molecular weight excluding hydrogens is 1670 g/mol. The standard InChI is InChI=1S/C54H80S6.C44H72S4.C5H5BrS/c1-5-7-9-11-13-15-17-19-21-23-25-27-29-31-33-35-43-47(45-39-37-41(3)55-45)57-51-49(43)59-54-52-50(60-53(51)54)44(48(58-52)46-40-38-42(4)56-46)36-34-32-30-28-26-24-22-20-18-16-14-12-10-8-6-2;1-3-5-7-9-11-13-15-17-19-21-23-25-27-29-31-33-37-35-45-41-39(37)47-44-42-40(48-43(41)44)38(36-46-42)34-32-30-28-26-24-22-20-18-16-14-12-10-8-6-4-2;1-4-2-3-5(6)7-4/h37-40H,5-36H2,1-4H3;35-36H,3-34H2,1-2H3;2-3H,1H3. The summed E-state index contributed by atoms with van der Waals surface area (Å²) < 4.78 is 20.4. The first-order valence-corrected chi connectivity index (χ1v) is 58.2. The van der Waals surface area contributed by atoms with Gasteiger partial charge < -0.3 is 0 Å². The monoisotopic (exact) mass is 1820 g/mol. The molecule has 0 radical (unpaired) electrons. The van der Waals surface area contributed by atoms with E-state index in [1.165, 1.54) is 439 Å². The molecule has 0 fully saturated rings. The van der Waals surface area contributed by atoms with Crippen molar-refractivity contribution >= 4 is 197 Å². The van der Waals surface area contributed by atoms with Gasteiger partial charge in [-0.05, 0) is 157 Å². The van der Waals surface area contributed by atoms with Gasteiger partial charge in [0.15, 0.2) is 0 Å². The minimum atomic E-state index is 1.21. The van der Waals surface area contributed by atoms with Crippen LogP contribution in [0.15, 0.2) is 50.9 Å². The van der Waals surface area contributed by atoms with E-state index in [2.05, 4.69) is 180 Å². The quantitative estimate of drug-likeness (QED) is 0.0333. The van der Waals surface area contributed by atoms with E-state index in [4.69, 9.17) is 0 Å². The Kier molecular flexibility index (Phi) is 50.5. The maximum Gasteiger partial charge on any atom is 0.0701 e. The van der Waals surface area contributed by atoms with E-state index in [-0.39, 0.29) is 0 Å². The molecule has 0 nitrogen and oxygen atoms in total. The number of aryl methyl sites for hydroxylation is 7. The maximum atomic E-state index is 3.35. The highest BCUT2D eigenvalue weighted by Crippen LogP contribution is 2.57. The molecule has 0 atom stereocenters. The van der Waals surface area contributed by atoms with Crippen molar-refractivity contribution in [2.24, 2.45) is 0 Å². The smallest absolute Gasteiger partial charge is 0.0701 e. The number of unbranched alkanes of at least 4 members (excludes halogenated alkanes) is 56. The molecule has 0 amide bonds. The van der Waals surface area contributed by atoms with Crippen LogP contribution in [0.3, 0.4) is 0 Å². The minimum Gasteiger partial charge on any atom is -0.141 e. The van der Waals surface area contributed by atoms with E-state index < -0.39 is 0 Å². The fraction of sp³-hybridized carbons (Fsp3) is 0.689. The molecule has 11 heterocycles. The Hall–Kier alpha value is -1.26. The van der Waals surface area contributed by atoms with Gasteiger partial charge in [0.2, 0.25) is 0 Å². The summed E-state index contributed by atoms with van der Waals surface area (Å²) in [6.07, 6.45) is 91.1. The lowest BCUT2D eigenvalue weighted by atomic mass is 10.0. The molecule has 0 aliphatic carbocycles. The van der Waals surface area contributed by atoms with Crippen LogP contribution in [0.4, 0.5) is 0 Å². The van der Waals surface area contributed by atoms with E-state index in [1.807, 2.05) is 45.3 Å². The van der Waals surface area contributed by atoms with Crippen LogP contribution in [-0.2, 0) is 25.7 Å². The summed E-state index contributed by atoms with van der Waals surface area (Å²) in [5.41, 5.74) is 6.61. The van der Waals surface area contributed by atoms with Crippen LogP contribution in [0.25, 0.3) is 75.9 Å². The summed E-state index contributed by atoms with van der Waals surface area (Å²) in [6, 6.07) is 13.6. The predicted octanol–water partition coefficient (Wildman–Crippen LogP) is 43.3. The lowest BCUT2D eigenvalue weighted by Gasteiger charge is -2.05. The SMILES string of the molecule is CCCCCCCCCCCCCCCCCc1c(-c2ccc(C)s2)sc2c1sc1c3sc(-c4ccc(C)s4)c(CCCCCCCCCCCCCCCCC)c3sc21.CCCCCCCCCCCCCCCCCc1csc2c1sc1c3scc(CCCCCCCCCCCCCCCCC)c3sc21.Cc1ccc(Br)s1. The van der Waals surface area contributed by atoms with Gasteiger partial charge in [-0.1, -0.05) is 387 Å². The summed E-state index contributed by atoms with van der Waals surface area (Å²) in [4.78, 5) is 10.4. The van der Waals surface area contributed by atoms with Gasteiger partial charge in [0, 0.05) is 34.1 Å². The van der Waals surface area contributed by atoms with Crippen LogP contribution in [0.2, 0.25) is 0 Å². The minimum absolute atomic E-state index is 1.21. The largest absolute Gasteiger partial charge is 0.141 e. The Morgan fingerprint density at radius 3 is 0.643 bits per heavy atom. The summed E-state index contributed by atoms with van der Waals surface area (Å²) >= 11 is 25.9. The lowest BCUT2D eigenvalue weighted by molar-refractivity contribution is 0.532. The highest BCUT2D eigenvalue weighted by Gasteiger charge is 2.27. The number of thiophene rings is 11. The van der Waals surface area contributed by atoms with E-state index in [9.17, 15) is 0 Å². The summed E-state index contributed by atoms with van der Waals surface area (Å²) in [5.74, 6) is 0. The van der Waals surface area contributed by atoms with Gasteiger partial charge in [-0.3, -0.25) is 0 Å². The van der Waals surface area contributed by atoms with E-state index in [0.29, 0.717) is 0 Å². The Bertz CT molecular complexity index is 3970. The van der Waals surface area contributed by atoms with Gasteiger partial charge in [-0.25, -0.2) is 0 Å². The van der Waals surface area contributed by atoms with Crippen LogP contribution in [0.1, 0.15) is 450 Å². The zero-order valence-corrected chi connectivity index (χ0v) is 84.3. The first-order chi connectivity index (χ1) is 56.7. The Labute approximate surface area is 756 Å². The molecule has 0 saturated carbocycles. The van der Waals surface area contributed by atoms with Gasteiger partial charge in [-0.15, -0.1) is 125 Å². The van der Waals surface area contributed by atoms with Crippen molar-refractivity contribution in [3.05, 3.63) is 87.8 Å². The summed E-state index contributed by atoms with van der Waals surface area (Å²) in [6.45, 7) is 15.9.